The van der Waals surface area contributed by atoms with Gasteiger partial charge in [-0.25, -0.2) is 0 Å². The van der Waals surface area contributed by atoms with Gasteiger partial charge in [0.25, 0.3) is 0 Å². The van der Waals surface area contributed by atoms with Gasteiger partial charge in [-0.1, -0.05) is 30.9 Å². The molecule has 2 N–H and O–H groups in total. The molecule has 112 valence electrons. The van der Waals surface area contributed by atoms with Crippen molar-refractivity contribution in [1.82, 2.24) is 5.32 Å². The average molecular weight is 277 g/mol. The van der Waals surface area contributed by atoms with Gasteiger partial charge in [0.2, 0.25) is 0 Å². The van der Waals surface area contributed by atoms with E-state index in [4.69, 9.17) is 4.74 Å². The van der Waals surface area contributed by atoms with E-state index in [2.05, 4.69) is 5.32 Å². The molecule has 0 radical (unpaired) electrons. The fourth-order valence-corrected chi connectivity index (χ4v) is 3.04. The Kier molecular flexibility index (Phi) is 5.86. The van der Waals surface area contributed by atoms with Crippen LogP contribution in [0.1, 0.15) is 49.3 Å². The van der Waals surface area contributed by atoms with Crippen molar-refractivity contribution in [3.8, 4) is 5.75 Å². The molecule has 1 aromatic rings. The number of benzene rings is 1. The van der Waals surface area contributed by atoms with Crippen molar-refractivity contribution in [1.29, 1.82) is 0 Å². The number of aliphatic hydroxyl groups is 1. The summed E-state index contributed by atoms with van der Waals surface area (Å²) in [6.07, 6.45) is 6.27. The number of aliphatic hydroxyl groups excluding tert-OH is 1. The molecule has 0 spiro atoms. The lowest BCUT2D eigenvalue weighted by molar-refractivity contribution is 0.167. The second-order valence-electron chi connectivity index (χ2n) is 5.92. The largest absolute Gasteiger partial charge is 0.496 e. The van der Waals surface area contributed by atoms with Gasteiger partial charge in [0.15, 0.2) is 0 Å². The SMILES string of the molecule is COc1ccc(C)cc1C(O)CNCC1CCCCC1. The maximum absolute atomic E-state index is 10.3. The van der Waals surface area contributed by atoms with E-state index in [9.17, 15) is 5.11 Å². The van der Waals surface area contributed by atoms with E-state index in [-0.39, 0.29) is 0 Å². The molecule has 0 saturated heterocycles. The molecule has 0 aromatic heterocycles. The van der Waals surface area contributed by atoms with Gasteiger partial charge in [-0.15, -0.1) is 0 Å². The smallest absolute Gasteiger partial charge is 0.124 e. The lowest BCUT2D eigenvalue weighted by Crippen LogP contribution is -2.28. The summed E-state index contributed by atoms with van der Waals surface area (Å²) in [6.45, 7) is 3.65. The van der Waals surface area contributed by atoms with Gasteiger partial charge in [0.05, 0.1) is 13.2 Å². The summed E-state index contributed by atoms with van der Waals surface area (Å²) in [6, 6.07) is 5.94. The molecule has 1 unspecified atom stereocenters. The van der Waals surface area contributed by atoms with Crippen LogP contribution >= 0.6 is 0 Å². The molecule has 3 heteroatoms. The Bertz CT molecular complexity index is 413. The first-order chi connectivity index (χ1) is 9.70. The Morgan fingerprint density at radius 1 is 1.30 bits per heavy atom. The van der Waals surface area contributed by atoms with Gasteiger partial charge in [0.1, 0.15) is 5.75 Å². The zero-order valence-corrected chi connectivity index (χ0v) is 12.7. The predicted molar refractivity (Wildman–Crippen MR) is 82.1 cm³/mol. The summed E-state index contributed by atoms with van der Waals surface area (Å²) in [5, 5.41) is 13.8. The van der Waals surface area contributed by atoms with E-state index in [1.807, 2.05) is 25.1 Å². The summed E-state index contributed by atoms with van der Waals surface area (Å²) in [4.78, 5) is 0. The molecule has 1 aliphatic carbocycles. The van der Waals surface area contributed by atoms with Crippen LogP contribution in [-0.4, -0.2) is 25.3 Å². The van der Waals surface area contributed by atoms with E-state index >= 15 is 0 Å². The van der Waals surface area contributed by atoms with Crippen LogP contribution in [0.2, 0.25) is 0 Å². The van der Waals surface area contributed by atoms with E-state index in [1.165, 1.54) is 32.1 Å². The molecule has 1 fully saturated rings. The molecule has 1 saturated carbocycles. The first kappa shape index (κ1) is 15.3. The van der Waals surface area contributed by atoms with Gasteiger partial charge >= 0.3 is 0 Å². The second-order valence-corrected chi connectivity index (χ2v) is 5.92. The van der Waals surface area contributed by atoms with Crippen molar-refractivity contribution in [3.63, 3.8) is 0 Å². The van der Waals surface area contributed by atoms with Crippen LogP contribution in [0.4, 0.5) is 0 Å². The van der Waals surface area contributed by atoms with Crippen molar-refractivity contribution < 1.29 is 9.84 Å². The van der Waals surface area contributed by atoms with Crippen molar-refractivity contribution in [2.45, 2.75) is 45.1 Å². The van der Waals surface area contributed by atoms with E-state index in [0.29, 0.717) is 6.54 Å². The monoisotopic (exact) mass is 277 g/mol. The van der Waals surface area contributed by atoms with Crippen molar-refractivity contribution in [3.05, 3.63) is 29.3 Å². The Morgan fingerprint density at radius 3 is 2.75 bits per heavy atom. The lowest BCUT2D eigenvalue weighted by Gasteiger charge is -2.23. The lowest BCUT2D eigenvalue weighted by atomic mass is 9.89. The first-order valence-electron chi connectivity index (χ1n) is 7.74. The van der Waals surface area contributed by atoms with Crippen LogP contribution in [-0.2, 0) is 0 Å². The number of nitrogens with one attached hydrogen (secondary N) is 1. The number of methoxy groups -OCH3 is 1. The Hall–Kier alpha value is -1.06. The van der Waals surface area contributed by atoms with Crippen molar-refractivity contribution in [2.75, 3.05) is 20.2 Å². The van der Waals surface area contributed by atoms with Crippen LogP contribution in [0.25, 0.3) is 0 Å². The third-order valence-corrected chi connectivity index (χ3v) is 4.24. The highest BCUT2D eigenvalue weighted by atomic mass is 16.5. The highest BCUT2D eigenvalue weighted by Crippen LogP contribution is 2.26. The Labute approximate surface area is 122 Å². The van der Waals surface area contributed by atoms with E-state index < -0.39 is 6.10 Å². The molecule has 0 bridgehead atoms. The summed E-state index contributed by atoms with van der Waals surface area (Å²) >= 11 is 0. The summed E-state index contributed by atoms with van der Waals surface area (Å²) in [7, 11) is 1.65. The minimum atomic E-state index is -0.506. The summed E-state index contributed by atoms with van der Waals surface area (Å²) < 4.78 is 5.33. The molecule has 0 amide bonds. The number of aryl methyl sites for hydroxylation is 1. The third kappa shape index (κ3) is 4.22. The molecule has 1 aromatic carbocycles. The molecule has 1 atom stereocenters. The topological polar surface area (TPSA) is 41.5 Å². The molecule has 0 aliphatic heterocycles. The van der Waals surface area contributed by atoms with Crippen LogP contribution in [0.3, 0.4) is 0 Å². The van der Waals surface area contributed by atoms with Gasteiger partial charge in [-0.2, -0.15) is 0 Å². The number of rotatable bonds is 6. The molecule has 0 heterocycles. The predicted octanol–water partition coefficient (Wildman–Crippen LogP) is 3.21. The van der Waals surface area contributed by atoms with Crippen LogP contribution in [0.5, 0.6) is 5.75 Å². The van der Waals surface area contributed by atoms with E-state index in [0.717, 1.165) is 29.3 Å². The summed E-state index contributed by atoms with van der Waals surface area (Å²) in [5.74, 6) is 1.55. The molecular formula is C17H27NO2. The van der Waals surface area contributed by atoms with Crippen molar-refractivity contribution >= 4 is 0 Å². The normalized spacial score (nSPS) is 17.9. The fourth-order valence-electron chi connectivity index (χ4n) is 3.04. The van der Waals surface area contributed by atoms with Gasteiger partial charge in [-0.3, -0.25) is 0 Å². The van der Waals surface area contributed by atoms with Gasteiger partial charge in [-0.05, 0) is 44.4 Å². The second kappa shape index (κ2) is 7.65. The Morgan fingerprint density at radius 2 is 2.05 bits per heavy atom. The molecule has 3 nitrogen and oxygen atoms in total. The zero-order chi connectivity index (χ0) is 14.4. The highest BCUT2D eigenvalue weighted by Gasteiger charge is 2.16. The van der Waals surface area contributed by atoms with Crippen LogP contribution in [0.15, 0.2) is 18.2 Å². The van der Waals surface area contributed by atoms with Gasteiger partial charge in [0, 0.05) is 12.1 Å². The minimum absolute atomic E-state index is 0.506. The fraction of sp³-hybridized carbons (Fsp3) is 0.647. The number of ether oxygens (including phenoxy) is 1. The highest BCUT2D eigenvalue weighted by molar-refractivity contribution is 5.38. The molecule has 1 aliphatic rings. The van der Waals surface area contributed by atoms with Crippen LogP contribution in [0, 0.1) is 12.8 Å². The molecule has 2 rings (SSSR count). The van der Waals surface area contributed by atoms with E-state index in [1.54, 1.807) is 7.11 Å². The molecule has 20 heavy (non-hydrogen) atoms. The quantitative estimate of drug-likeness (QED) is 0.839. The van der Waals surface area contributed by atoms with Crippen LogP contribution < -0.4 is 10.1 Å². The minimum Gasteiger partial charge on any atom is -0.496 e. The van der Waals surface area contributed by atoms with Crippen molar-refractivity contribution in [2.24, 2.45) is 5.92 Å². The first-order valence-corrected chi connectivity index (χ1v) is 7.74. The maximum atomic E-state index is 10.3. The number of hydrogen-bond donors (Lipinski definition) is 2. The summed E-state index contributed by atoms with van der Waals surface area (Å²) in [5.41, 5.74) is 2.02. The van der Waals surface area contributed by atoms with Gasteiger partial charge < -0.3 is 15.2 Å². The third-order valence-electron chi connectivity index (χ3n) is 4.24. The maximum Gasteiger partial charge on any atom is 0.124 e. The zero-order valence-electron chi connectivity index (χ0n) is 12.7. The average Bonchev–Trinajstić information content (AvgIpc) is 2.48. The Balaban J connectivity index is 1.84. The molecular weight excluding hydrogens is 250 g/mol. The number of hydrogen-bond acceptors (Lipinski definition) is 3. The standard InChI is InChI=1S/C17H27NO2/c1-13-8-9-17(20-2)15(10-13)16(19)12-18-11-14-6-4-3-5-7-14/h8-10,14,16,18-19H,3-7,11-12H2,1-2H3.